The van der Waals surface area contributed by atoms with Crippen LogP contribution in [-0.4, -0.2) is 56.0 Å². The molecule has 1 heterocycles. The second kappa shape index (κ2) is 5.70. The smallest absolute Gasteiger partial charge is 0.151 e. The molecular weight excluding hydrogens is 260 g/mol. The Hall–Kier alpha value is -0.130. The Morgan fingerprint density at radius 2 is 2.00 bits per heavy atom. The van der Waals surface area contributed by atoms with Crippen molar-refractivity contribution in [3.63, 3.8) is 0 Å². The molecule has 2 unspecified atom stereocenters. The molecule has 1 aliphatic heterocycles. The summed E-state index contributed by atoms with van der Waals surface area (Å²) >= 11 is 0. The summed E-state index contributed by atoms with van der Waals surface area (Å²) in [5.41, 5.74) is 0.140. The Morgan fingerprint density at radius 1 is 1.32 bits per heavy atom. The van der Waals surface area contributed by atoms with Gasteiger partial charge in [-0.1, -0.05) is 13.8 Å². The molecule has 1 aliphatic carbocycles. The van der Waals surface area contributed by atoms with Gasteiger partial charge in [0.1, 0.15) is 0 Å². The number of rotatable bonds is 6. The molecule has 2 aliphatic rings. The van der Waals surface area contributed by atoms with Gasteiger partial charge in [-0.05, 0) is 32.1 Å². The first-order valence-electron chi connectivity index (χ1n) is 7.58. The molecule has 19 heavy (non-hydrogen) atoms. The van der Waals surface area contributed by atoms with Crippen LogP contribution in [0.5, 0.6) is 0 Å². The first-order valence-corrected chi connectivity index (χ1v) is 9.41. The summed E-state index contributed by atoms with van der Waals surface area (Å²) in [6.07, 6.45) is 3.71. The minimum absolute atomic E-state index is 0.140. The summed E-state index contributed by atoms with van der Waals surface area (Å²) in [5, 5.41) is 3.67. The molecule has 1 saturated heterocycles. The Bertz CT molecular complexity index is 406. The van der Waals surface area contributed by atoms with Crippen molar-refractivity contribution in [2.24, 2.45) is 5.92 Å². The predicted octanol–water partition coefficient (Wildman–Crippen LogP) is 1.27. The largest absolute Gasteiger partial charge is 0.309 e. The second-order valence-corrected chi connectivity index (χ2v) is 8.88. The third-order valence-corrected chi connectivity index (χ3v) is 6.52. The van der Waals surface area contributed by atoms with Crippen LogP contribution < -0.4 is 5.32 Å². The summed E-state index contributed by atoms with van der Waals surface area (Å²) in [7, 11) is -2.85. The van der Waals surface area contributed by atoms with Crippen LogP contribution in [0.15, 0.2) is 0 Å². The van der Waals surface area contributed by atoms with Crippen LogP contribution in [0.3, 0.4) is 0 Å². The van der Waals surface area contributed by atoms with Crippen molar-refractivity contribution in [3.8, 4) is 0 Å². The van der Waals surface area contributed by atoms with E-state index in [9.17, 15) is 8.42 Å². The van der Waals surface area contributed by atoms with Gasteiger partial charge in [-0.3, -0.25) is 4.90 Å². The van der Waals surface area contributed by atoms with E-state index in [1.807, 2.05) is 0 Å². The predicted molar refractivity (Wildman–Crippen MR) is 79.1 cm³/mol. The summed E-state index contributed by atoms with van der Waals surface area (Å²) in [5.74, 6) is 1.36. The average molecular weight is 288 g/mol. The van der Waals surface area contributed by atoms with E-state index >= 15 is 0 Å². The lowest BCUT2D eigenvalue weighted by Gasteiger charge is -2.46. The third-order valence-electron chi connectivity index (χ3n) is 4.83. The van der Waals surface area contributed by atoms with Crippen molar-refractivity contribution in [2.45, 2.75) is 51.6 Å². The molecule has 2 atom stereocenters. The first-order chi connectivity index (χ1) is 8.89. The molecule has 0 bridgehead atoms. The maximum atomic E-state index is 11.7. The highest BCUT2D eigenvalue weighted by molar-refractivity contribution is 7.91. The number of nitrogens with one attached hydrogen (secondary N) is 1. The minimum Gasteiger partial charge on any atom is -0.309 e. The molecule has 1 N–H and O–H groups in total. The van der Waals surface area contributed by atoms with Crippen LogP contribution in [0.25, 0.3) is 0 Å². The van der Waals surface area contributed by atoms with E-state index in [0.29, 0.717) is 18.3 Å². The maximum absolute atomic E-state index is 11.7. The number of sulfone groups is 1. The minimum atomic E-state index is -2.85. The Morgan fingerprint density at radius 3 is 2.53 bits per heavy atom. The van der Waals surface area contributed by atoms with Gasteiger partial charge in [-0.25, -0.2) is 8.42 Å². The van der Waals surface area contributed by atoms with Gasteiger partial charge in [0.2, 0.25) is 0 Å². The molecule has 5 heteroatoms. The molecule has 0 aromatic heterocycles. The van der Waals surface area contributed by atoms with Gasteiger partial charge in [0.25, 0.3) is 0 Å². The molecular formula is C14H28N2O2S. The number of piperazine rings is 1. The summed E-state index contributed by atoms with van der Waals surface area (Å²) in [4.78, 5) is 2.44. The van der Waals surface area contributed by atoms with Crippen molar-refractivity contribution in [2.75, 3.05) is 31.1 Å². The normalized spacial score (nSPS) is 33.5. The first kappa shape index (κ1) is 15.3. The second-order valence-electron chi connectivity index (χ2n) is 6.41. The summed E-state index contributed by atoms with van der Waals surface area (Å²) < 4.78 is 23.4. The zero-order valence-corrected chi connectivity index (χ0v) is 13.3. The van der Waals surface area contributed by atoms with Gasteiger partial charge in [0.05, 0.1) is 5.75 Å². The molecule has 0 amide bonds. The lowest BCUT2D eigenvalue weighted by Crippen LogP contribution is -2.63. The van der Waals surface area contributed by atoms with Gasteiger partial charge in [-0.15, -0.1) is 0 Å². The third kappa shape index (κ3) is 3.92. The van der Waals surface area contributed by atoms with Crippen molar-refractivity contribution >= 4 is 9.84 Å². The van der Waals surface area contributed by atoms with Crippen molar-refractivity contribution in [1.29, 1.82) is 0 Å². The number of nitrogens with zero attached hydrogens (tertiary/aromatic N) is 1. The van der Waals surface area contributed by atoms with Crippen molar-refractivity contribution in [3.05, 3.63) is 0 Å². The van der Waals surface area contributed by atoms with Crippen LogP contribution in [0.4, 0.5) is 0 Å². The van der Waals surface area contributed by atoms with Crippen LogP contribution in [0.2, 0.25) is 0 Å². The van der Waals surface area contributed by atoms with Crippen molar-refractivity contribution < 1.29 is 8.42 Å². The van der Waals surface area contributed by atoms with E-state index in [2.05, 4.69) is 24.1 Å². The number of hydrogen-bond donors (Lipinski definition) is 1. The van der Waals surface area contributed by atoms with Crippen LogP contribution in [-0.2, 0) is 9.84 Å². The van der Waals surface area contributed by atoms with Crippen LogP contribution >= 0.6 is 0 Å². The molecule has 0 aromatic carbocycles. The SMILES string of the molecule is CCC1(C)CN(CCS(=O)(=O)CC)C(C2CC2)CN1. The number of hydrogen-bond acceptors (Lipinski definition) is 4. The summed E-state index contributed by atoms with van der Waals surface area (Å²) in [6.45, 7) is 8.88. The van der Waals surface area contributed by atoms with E-state index in [0.717, 1.165) is 25.4 Å². The highest BCUT2D eigenvalue weighted by Gasteiger charge is 2.41. The molecule has 4 nitrogen and oxygen atoms in total. The van der Waals surface area contributed by atoms with Gasteiger partial charge in [0, 0.05) is 37.0 Å². The molecule has 0 aromatic rings. The van der Waals surface area contributed by atoms with Gasteiger partial charge < -0.3 is 5.32 Å². The molecule has 2 fully saturated rings. The van der Waals surface area contributed by atoms with E-state index < -0.39 is 9.84 Å². The fraction of sp³-hybridized carbons (Fsp3) is 1.00. The molecule has 0 radical (unpaired) electrons. The fourth-order valence-corrected chi connectivity index (χ4v) is 3.73. The van der Waals surface area contributed by atoms with Gasteiger partial charge >= 0.3 is 0 Å². The van der Waals surface area contributed by atoms with Crippen LogP contribution in [0.1, 0.15) is 40.0 Å². The molecule has 2 rings (SSSR count). The van der Waals surface area contributed by atoms with E-state index in [4.69, 9.17) is 0 Å². The van der Waals surface area contributed by atoms with Crippen LogP contribution in [0, 0.1) is 5.92 Å². The molecule has 1 saturated carbocycles. The standard InChI is InChI=1S/C14H28N2O2S/c1-4-14(3)11-16(8-9-19(17,18)5-2)13(10-15-14)12-6-7-12/h12-13,15H,4-11H2,1-3H3. The Labute approximate surface area is 117 Å². The Balaban J connectivity index is 1.99. The molecule has 0 spiro atoms. The lowest BCUT2D eigenvalue weighted by atomic mass is 9.92. The summed E-state index contributed by atoms with van der Waals surface area (Å²) in [6, 6.07) is 0.548. The van der Waals surface area contributed by atoms with Crippen molar-refractivity contribution in [1.82, 2.24) is 10.2 Å². The zero-order chi connectivity index (χ0) is 14.1. The highest BCUT2D eigenvalue weighted by atomic mass is 32.2. The maximum Gasteiger partial charge on any atom is 0.151 e. The average Bonchev–Trinajstić information content (AvgIpc) is 3.21. The topological polar surface area (TPSA) is 49.4 Å². The zero-order valence-electron chi connectivity index (χ0n) is 12.5. The highest BCUT2D eigenvalue weighted by Crippen LogP contribution is 2.37. The lowest BCUT2D eigenvalue weighted by molar-refractivity contribution is 0.0785. The van der Waals surface area contributed by atoms with E-state index in [1.165, 1.54) is 12.8 Å². The van der Waals surface area contributed by atoms with Gasteiger partial charge in [0.15, 0.2) is 9.84 Å². The quantitative estimate of drug-likeness (QED) is 0.800. The van der Waals surface area contributed by atoms with E-state index in [-0.39, 0.29) is 11.3 Å². The molecule has 112 valence electrons. The monoisotopic (exact) mass is 288 g/mol. The Kier molecular flexibility index (Phi) is 4.58. The van der Waals surface area contributed by atoms with E-state index in [1.54, 1.807) is 6.92 Å². The van der Waals surface area contributed by atoms with Gasteiger partial charge in [-0.2, -0.15) is 0 Å². The fourth-order valence-electron chi connectivity index (χ4n) is 2.93.